The highest BCUT2D eigenvalue weighted by atomic mass is 79.9. The van der Waals surface area contributed by atoms with Crippen molar-refractivity contribution in [2.24, 2.45) is 0 Å². The van der Waals surface area contributed by atoms with Crippen molar-refractivity contribution in [2.75, 3.05) is 5.32 Å². The lowest BCUT2D eigenvalue weighted by atomic mass is 10.3. The fourth-order valence-corrected chi connectivity index (χ4v) is 2.40. The molecule has 0 aliphatic carbocycles. The van der Waals surface area contributed by atoms with Crippen molar-refractivity contribution in [1.29, 1.82) is 0 Å². The van der Waals surface area contributed by atoms with Gasteiger partial charge in [0.15, 0.2) is 4.67 Å². The summed E-state index contributed by atoms with van der Waals surface area (Å²) in [5.74, 6) is -1.69. The minimum Gasteiger partial charge on any atom is -0.452 e. The molecule has 0 saturated carbocycles. The second kappa shape index (κ2) is 6.24. The van der Waals surface area contributed by atoms with E-state index >= 15 is 0 Å². The summed E-state index contributed by atoms with van der Waals surface area (Å²) in [7, 11) is 0. The number of alkyl halides is 2. The van der Waals surface area contributed by atoms with Gasteiger partial charge in [-0.15, -0.1) is 0 Å². The zero-order valence-corrected chi connectivity index (χ0v) is 11.6. The molecule has 0 radical (unpaired) electrons. The quantitative estimate of drug-likeness (QED) is 0.782. The molecule has 0 bridgehead atoms. The third-order valence-corrected chi connectivity index (χ3v) is 3.40. The monoisotopic (exact) mass is 333 g/mol. The SMILES string of the molecule is FC(F)Sc1ccccc1NCc1ccc(Br)o1. The summed E-state index contributed by atoms with van der Waals surface area (Å²) < 4.78 is 30.7. The van der Waals surface area contributed by atoms with Crippen LogP contribution in [0.15, 0.2) is 50.4 Å². The van der Waals surface area contributed by atoms with E-state index in [1.54, 1.807) is 30.3 Å². The van der Waals surface area contributed by atoms with Gasteiger partial charge in [-0.05, 0) is 40.2 Å². The fraction of sp³-hybridized carbons (Fsp3) is 0.167. The summed E-state index contributed by atoms with van der Waals surface area (Å²) in [4.78, 5) is 0.526. The van der Waals surface area contributed by atoms with Gasteiger partial charge in [0.2, 0.25) is 0 Å². The number of benzene rings is 1. The van der Waals surface area contributed by atoms with Crippen LogP contribution in [0, 0.1) is 0 Å². The molecule has 0 aliphatic heterocycles. The molecule has 0 saturated heterocycles. The van der Waals surface area contributed by atoms with E-state index in [0.717, 1.165) is 5.76 Å². The lowest BCUT2D eigenvalue weighted by Crippen LogP contribution is -1.99. The Morgan fingerprint density at radius 1 is 1.22 bits per heavy atom. The Hall–Kier alpha value is -1.01. The Bertz CT molecular complexity index is 518. The van der Waals surface area contributed by atoms with E-state index in [0.29, 0.717) is 33.6 Å². The van der Waals surface area contributed by atoms with Crippen LogP contribution >= 0.6 is 27.7 Å². The van der Waals surface area contributed by atoms with Crippen LogP contribution in [0.5, 0.6) is 0 Å². The van der Waals surface area contributed by atoms with Crippen LogP contribution in [-0.4, -0.2) is 5.76 Å². The lowest BCUT2D eigenvalue weighted by Gasteiger charge is -2.10. The Balaban J connectivity index is 2.04. The molecular formula is C12H10BrF2NOS. The first-order chi connectivity index (χ1) is 8.65. The molecule has 2 rings (SSSR count). The van der Waals surface area contributed by atoms with Gasteiger partial charge in [0.05, 0.1) is 6.54 Å². The number of hydrogen-bond acceptors (Lipinski definition) is 3. The first-order valence-corrected chi connectivity index (χ1v) is 6.84. The molecule has 0 amide bonds. The van der Waals surface area contributed by atoms with Crippen LogP contribution in [-0.2, 0) is 6.54 Å². The minimum absolute atomic E-state index is 0.451. The number of hydrogen-bond donors (Lipinski definition) is 1. The Labute approximate surface area is 116 Å². The molecule has 0 spiro atoms. The van der Waals surface area contributed by atoms with E-state index in [9.17, 15) is 8.78 Å². The molecule has 18 heavy (non-hydrogen) atoms. The van der Waals surface area contributed by atoms with Crippen LogP contribution in [0.3, 0.4) is 0 Å². The molecule has 1 heterocycles. The maximum absolute atomic E-state index is 12.4. The van der Waals surface area contributed by atoms with Gasteiger partial charge in [-0.3, -0.25) is 0 Å². The fourth-order valence-electron chi connectivity index (χ4n) is 1.44. The molecule has 96 valence electrons. The zero-order chi connectivity index (χ0) is 13.0. The topological polar surface area (TPSA) is 25.2 Å². The molecule has 2 aromatic rings. The number of halogens is 3. The average molecular weight is 334 g/mol. The Morgan fingerprint density at radius 2 is 2.00 bits per heavy atom. The summed E-state index contributed by atoms with van der Waals surface area (Å²) in [6, 6.07) is 10.6. The van der Waals surface area contributed by atoms with Gasteiger partial charge >= 0.3 is 0 Å². The van der Waals surface area contributed by atoms with Crippen molar-refractivity contribution < 1.29 is 13.2 Å². The molecule has 0 unspecified atom stereocenters. The maximum Gasteiger partial charge on any atom is 0.288 e. The highest BCUT2D eigenvalue weighted by Gasteiger charge is 2.09. The molecular weight excluding hydrogens is 324 g/mol. The molecule has 2 nitrogen and oxygen atoms in total. The molecule has 0 fully saturated rings. The Morgan fingerprint density at radius 3 is 2.67 bits per heavy atom. The van der Waals surface area contributed by atoms with Crippen LogP contribution in [0.1, 0.15) is 5.76 Å². The van der Waals surface area contributed by atoms with Crippen LogP contribution in [0.4, 0.5) is 14.5 Å². The molecule has 1 aromatic heterocycles. The van der Waals surface area contributed by atoms with Crippen LogP contribution in [0.2, 0.25) is 0 Å². The van der Waals surface area contributed by atoms with E-state index in [-0.39, 0.29) is 0 Å². The van der Waals surface area contributed by atoms with Gasteiger partial charge in [-0.25, -0.2) is 0 Å². The largest absolute Gasteiger partial charge is 0.452 e. The standard InChI is InChI=1S/C12H10BrF2NOS/c13-11-6-5-8(17-11)7-16-9-3-1-2-4-10(9)18-12(14)15/h1-6,12,16H,7H2. The number of nitrogens with one attached hydrogen (secondary N) is 1. The first-order valence-electron chi connectivity index (χ1n) is 5.17. The average Bonchev–Trinajstić information content (AvgIpc) is 2.73. The molecule has 0 aliphatic rings. The Kier molecular flexibility index (Phi) is 4.66. The van der Waals surface area contributed by atoms with Crippen LogP contribution < -0.4 is 5.32 Å². The second-order valence-electron chi connectivity index (χ2n) is 3.43. The normalized spacial score (nSPS) is 10.9. The lowest BCUT2D eigenvalue weighted by molar-refractivity contribution is 0.252. The maximum atomic E-state index is 12.4. The molecule has 1 aromatic carbocycles. The zero-order valence-electron chi connectivity index (χ0n) is 9.20. The second-order valence-corrected chi connectivity index (χ2v) is 5.25. The van der Waals surface area contributed by atoms with Crippen molar-refractivity contribution in [3.63, 3.8) is 0 Å². The minimum atomic E-state index is -2.43. The summed E-state index contributed by atoms with van der Waals surface area (Å²) in [6.07, 6.45) is 0. The predicted octanol–water partition coefficient (Wildman–Crippen LogP) is 4.97. The number of rotatable bonds is 5. The van der Waals surface area contributed by atoms with Gasteiger partial charge in [-0.1, -0.05) is 23.9 Å². The number of anilines is 1. The summed E-state index contributed by atoms with van der Waals surface area (Å²) in [5, 5.41) is 3.08. The highest BCUT2D eigenvalue weighted by Crippen LogP contribution is 2.31. The summed E-state index contributed by atoms with van der Waals surface area (Å²) >= 11 is 3.74. The predicted molar refractivity (Wildman–Crippen MR) is 72.0 cm³/mol. The summed E-state index contributed by atoms with van der Waals surface area (Å²) in [6.45, 7) is 0.451. The van der Waals surface area contributed by atoms with Gasteiger partial charge in [0.25, 0.3) is 5.76 Å². The van der Waals surface area contributed by atoms with Crippen molar-refractivity contribution in [3.8, 4) is 0 Å². The van der Waals surface area contributed by atoms with E-state index in [1.807, 2.05) is 6.07 Å². The van der Waals surface area contributed by atoms with E-state index in [2.05, 4.69) is 21.2 Å². The van der Waals surface area contributed by atoms with Gasteiger partial charge < -0.3 is 9.73 Å². The van der Waals surface area contributed by atoms with Crippen molar-refractivity contribution in [3.05, 3.63) is 46.8 Å². The van der Waals surface area contributed by atoms with E-state index in [4.69, 9.17) is 4.42 Å². The van der Waals surface area contributed by atoms with Crippen molar-refractivity contribution >= 4 is 33.4 Å². The van der Waals surface area contributed by atoms with Gasteiger partial charge in [-0.2, -0.15) is 8.78 Å². The molecule has 0 atom stereocenters. The molecule has 1 N–H and O–H groups in total. The number of furan rings is 1. The first kappa shape index (κ1) is 13.4. The van der Waals surface area contributed by atoms with Crippen LogP contribution in [0.25, 0.3) is 0 Å². The van der Waals surface area contributed by atoms with Gasteiger partial charge in [0.1, 0.15) is 5.76 Å². The van der Waals surface area contributed by atoms with E-state index < -0.39 is 5.76 Å². The van der Waals surface area contributed by atoms with Gasteiger partial charge in [0, 0.05) is 10.6 Å². The third-order valence-electron chi connectivity index (χ3n) is 2.19. The summed E-state index contributed by atoms with van der Waals surface area (Å²) in [5.41, 5.74) is 0.676. The van der Waals surface area contributed by atoms with Crippen molar-refractivity contribution in [2.45, 2.75) is 17.2 Å². The third kappa shape index (κ3) is 3.74. The smallest absolute Gasteiger partial charge is 0.288 e. The van der Waals surface area contributed by atoms with Crippen molar-refractivity contribution in [1.82, 2.24) is 0 Å². The molecule has 6 heteroatoms. The highest BCUT2D eigenvalue weighted by molar-refractivity contribution is 9.10. The number of thioether (sulfide) groups is 1. The van der Waals surface area contributed by atoms with E-state index in [1.165, 1.54) is 0 Å². The number of para-hydroxylation sites is 1.